The lowest BCUT2D eigenvalue weighted by Crippen LogP contribution is -2.05. The number of rotatable bonds is 3. The number of benzene rings is 5. The number of hydrogen-bond acceptors (Lipinski definition) is 2. The molecule has 2 nitrogen and oxygen atoms in total. The Morgan fingerprint density at radius 3 is 1.98 bits per heavy atom. The molecule has 7 aromatic rings. The molecular weight excluding hydrogens is 507 g/mol. The van der Waals surface area contributed by atoms with Gasteiger partial charge in [-0.05, 0) is 94.5 Å². The Bertz CT molecular complexity index is 2050. The molecule has 0 N–H and O–H groups in total. The number of nitrogens with zero attached hydrogens (tertiary/aromatic N) is 1. The largest absolute Gasteiger partial charge is 0.456 e. The van der Waals surface area contributed by atoms with Crippen LogP contribution < -0.4 is 0 Å². The first kappa shape index (κ1) is 24.2. The van der Waals surface area contributed by atoms with Crippen LogP contribution in [0.1, 0.15) is 11.1 Å². The quantitative estimate of drug-likeness (QED) is 0.228. The number of hydrogen-bond donors (Lipinski definition) is 0. The molecule has 0 bridgehead atoms. The van der Waals surface area contributed by atoms with E-state index in [1.54, 1.807) is 13.0 Å². The van der Waals surface area contributed by atoms with E-state index >= 15 is 0 Å². The van der Waals surface area contributed by atoms with Gasteiger partial charge < -0.3 is 4.42 Å². The Hall–Kier alpha value is -4.90. The molecule has 0 spiro atoms. The molecule has 0 aliphatic rings. The number of alkyl halides is 3. The number of halogens is 3. The first-order valence-corrected chi connectivity index (χ1v) is 12.9. The molecule has 2 heterocycles. The molecule has 5 aromatic carbocycles. The molecule has 194 valence electrons. The molecule has 0 fully saturated rings. The van der Waals surface area contributed by atoms with Gasteiger partial charge in [0.1, 0.15) is 11.2 Å². The van der Waals surface area contributed by atoms with Gasteiger partial charge >= 0.3 is 6.18 Å². The maximum atomic E-state index is 13.3. The van der Waals surface area contributed by atoms with E-state index in [-0.39, 0.29) is 0 Å². The van der Waals surface area contributed by atoms with Gasteiger partial charge in [0, 0.05) is 28.1 Å². The van der Waals surface area contributed by atoms with E-state index in [9.17, 15) is 13.2 Å². The van der Waals surface area contributed by atoms with E-state index in [2.05, 4.69) is 24.3 Å². The monoisotopic (exact) mass is 529 g/mol. The van der Waals surface area contributed by atoms with Crippen LogP contribution in [0.25, 0.3) is 66.2 Å². The fourth-order valence-corrected chi connectivity index (χ4v) is 5.34. The number of aryl methyl sites for hydroxylation is 1. The third-order valence-electron chi connectivity index (χ3n) is 7.35. The lowest BCUT2D eigenvalue weighted by Gasteiger charge is -2.12. The summed E-state index contributed by atoms with van der Waals surface area (Å²) < 4.78 is 46.0. The fraction of sp³-hybridized carbons (Fsp3) is 0.0571. The molecule has 0 saturated carbocycles. The number of pyridine rings is 1. The summed E-state index contributed by atoms with van der Waals surface area (Å²) in [7, 11) is 0. The van der Waals surface area contributed by atoms with Crippen LogP contribution in [-0.2, 0) is 6.18 Å². The minimum absolute atomic E-state index is 0.555. The molecule has 0 amide bonds. The molecule has 0 radical (unpaired) electrons. The Kier molecular flexibility index (Phi) is 5.49. The molecule has 0 saturated heterocycles. The van der Waals surface area contributed by atoms with E-state index in [1.807, 2.05) is 72.9 Å². The maximum Gasteiger partial charge on any atom is 0.416 e. The van der Waals surface area contributed by atoms with Crippen molar-refractivity contribution in [1.82, 2.24) is 4.98 Å². The van der Waals surface area contributed by atoms with Crippen molar-refractivity contribution in [2.45, 2.75) is 13.1 Å². The zero-order chi connectivity index (χ0) is 27.4. The Morgan fingerprint density at radius 1 is 0.575 bits per heavy atom. The van der Waals surface area contributed by atoms with Crippen LogP contribution in [0.15, 0.2) is 120 Å². The molecular formula is C35H22F3NO. The van der Waals surface area contributed by atoms with Gasteiger partial charge in [0.2, 0.25) is 0 Å². The predicted octanol–water partition coefficient (Wildman–Crippen LogP) is 10.5. The SMILES string of the molecule is Cc1cc(-c2ccc3cc(-c4ccc(-c5ccc6oc7ccccc7c6c5)nc4)ccc3c2)cc(C(F)(F)F)c1. The molecule has 7 rings (SSSR count). The molecule has 0 atom stereocenters. The second-order valence-electron chi connectivity index (χ2n) is 10.1. The topological polar surface area (TPSA) is 26.0 Å². The first-order valence-electron chi connectivity index (χ1n) is 12.9. The smallest absolute Gasteiger partial charge is 0.416 e. The average Bonchev–Trinajstić information content (AvgIpc) is 3.34. The molecule has 0 aliphatic heterocycles. The van der Waals surface area contributed by atoms with Crippen molar-refractivity contribution >= 4 is 32.7 Å². The Balaban J connectivity index is 1.19. The summed E-state index contributed by atoms with van der Waals surface area (Å²) in [6.45, 7) is 1.68. The van der Waals surface area contributed by atoms with Gasteiger partial charge in [-0.1, -0.05) is 54.6 Å². The molecule has 0 unspecified atom stereocenters. The summed E-state index contributed by atoms with van der Waals surface area (Å²) in [5, 5.41) is 4.11. The van der Waals surface area contributed by atoms with Crippen molar-refractivity contribution in [3.8, 4) is 33.5 Å². The van der Waals surface area contributed by atoms with Crippen molar-refractivity contribution in [2.24, 2.45) is 0 Å². The van der Waals surface area contributed by atoms with E-state index < -0.39 is 11.7 Å². The van der Waals surface area contributed by atoms with Crippen molar-refractivity contribution < 1.29 is 17.6 Å². The van der Waals surface area contributed by atoms with Crippen LogP contribution in [-0.4, -0.2) is 4.98 Å². The number of aromatic nitrogens is 1. The first-order chi connectivity index (χ1) is 19.3. The van der Waals surface area contributed by atoms with Crippen LogP contribution in [0.5, 0.6) is 0 Å². The van der Waals surface area contributed by atoms with Gasteiger partial charge in [-0.3, -0.25) is 4.98 Å². The molecule has 5 heteroatoms. The molecule has 2 aromatic heterocycles. The average molecular weight is 530 g/mol. The summed E-state index contributed by atoms with van der Waals surface area (Å²) >= 11 is 0. The highest BCUT2D eigenvalue weighted by molar-refractivity contribution is 6.06. The van der Waals surface area contributed by atoms with Gasteiger partial charge in [-0.25, -0.2) is 0 Å². The number of para-hydroxylation sites is 1. The second-order valence-corrected chi connectivity index (χ2v) is 10.1. The predicted molar refractivity (Wildman–Crippen MR) is 155 cm³/mol. The highest BCUT2D eigenvalue weighted by Gasteiger charge is 2.31. The van der Waals surface area contributed by atoms with Crippen molar-refractivity contribution in [3.63, 3.8) is 0 Å². The molecule has 0 aliphatic carbocycles. The maximum absolute atomic E-state index is 13.3. The summed E-state index contributed by atoms with van der Waals surface area (Å²) in [6, 6.07) is 34.2. The van der Waals surface area contributed by atoms with Crippen molar-refractivity contribution in [3.05, 3.63) is 127 Å². The van der Waals surface area contributed by atoms with Crippen LogP contribution in [0.2, 0.25) is 0 Å². The van der Waals surface area contributed by atoms with E-state index in [1.165, 1.54) is 12.1 Å². The normalized spacial score (nSPS) is 12.0. The van der Waals surface area contributed by atoms with Crippen molar-refractivity contribution in [2.75, 3.05) is 0 Å². The van der Waals surface area contributed by atoms with Gasteiger partial charge in [-0.2, -0.15) is 13.2 Å². The van der Waals surface area contributed by atoms with E-state index in [0.29, 0.717) is 11.1 Å². The third-order valence-corrected chi connectivity index (χ3v) is 7.35. The summed E-state index contributed by atoms with van der Waals surface area (Å²) in [5.74, 6) is 0. The van der Waals surface area contributed by atoms with Gasteiger partial charge in [0.25, 0.3) is 0 Å². The second kappa shape index (κ2) is 9.09. The van der Waals surface area contributed by atoms with Crippen LogP contribution in [0, 0.1) is 6.92 Å². The zero-order valence-electron chi connectivity index (χ0n) is 21.5. The Labute approximate surface area is 228 Å². The number of fused-ring (bicyclic) bond motifs is 4. The molecule has 40 heavy (non-hydrogen) atoms. The zero-order valence-corrected chi connectivity index (χ0v) is 21.5. The van der Waals surface area contributed by atoms with Crippen LogP contribution in [0.4, 0.5) is 13.2 Å². The summed E-state index contributed by atoms with van der Waals surface area (Å²) in [5.41, 5.74) is 6.86. The summed E-state index contributed by atoms with van der Waals surface area (Å²) in [4.78, 5) is 4.74. The summed E-state index contributed by atoms with van der Waals surface area (Å²) in [6.07, 6.45) is -2.51. The standard InChI is InChI=1S/C35H22F3NO/c1-21-14-28(18-29(15-21)35(36,37)38)25-9-7-22-16-24(8-6-23(22)17-25)27-10-12-32(39-20-27)26-11-13-34-31(19-26)30-4-2-3-5-33(30)40-34/h2-20H,1H3. The van der Waals surface area contributed by atoms with Crippen LogP contribution in [0.3, 0.4) is 0 Å². The minimum atomic E-state index is -4.38. The highest BCUT2D eigenvalue weighted by atomic mass is 19.4. The lowest BCUT2D eigenvalue weighted by molar-refractivity contribution is -0.137. The third kappa shape index (κ3) is 4.30. The van der Waals surface area contributed by atoms with Crippen LogP contribution >= 0.6 is 0 Å². The Morgan fingerprint density at radius 2 is 1.25 bits per heavy atom. The minimum Gasteiger partial charge on any atom is -0.456 e. The number of furan rings is 1. The van der Waals surface area contributed by atoms with E-state index in [4.69, 9.17) is 9.40 Å². The lowest BCUT2D eigenvalue weighted by atomic mass is 9.96. The van der Waals surface area contributed by atoms with Gasteiger partial charge in [0.05, 0.1) is 11.3 Å². The van der Waals surface area contributed by atoms with Gasteiger partial charge in [0.15, 0.2) is 0 Å². The van der Waals surface area contributed by atoms with E-state index in [0.717, 1.165) is 60.7 Å². The highest BCUT2D eigenvalue weighted by Crippen LogP contribution is 2.36. The van der Waals surface area contributed by atoms with Crippen molar-refractivity contribution in [1.29, 1.82) is 0 Å². The fourth-order valence-electron chi connectivity index (χ4n) is 5.34. The van der Waals surface area contributed by atoms with Gasteiger partial charge in [-0.15, -0.1) is 0 Å².